The van der Waals surface area contributed by atoms with Gasteiger partial charge in [-0.05, 0) is 47.8 Å². The Morgan fingerprint density at radius 3 is 2.15 bits per heavy atom. The number of primary amides is 1. The van der Waals surface area contributed by atoms with Crippen molar-refractivity contribution in [2.45, 2.75) is 131 Å². The van der Waals surface area contributed by atoms with Crippen molar-refractivity contribution >= 4 is 35.6 Å². The number of hydrogen-bond acceptors (Lipinski definition) is 6. The van der Waals surface area contributed by atoms with Gasteiger partial charge in [0, 0.05) is 26.2 Å². The highest BCUT2D eigenvalue weighted by Gasteiger charge is 2.46. The summed E-state index contributed by atoms with van der Waals surface area (Å²) in [4.78, 5) is 82.1. The summed E-state index contributed by atoms with van der Waals surface area (Å²) in [6.07, 6.45) is 6.63. The molecule has 0 aromatic heterocycles. The number of nitrogens with two attached hydrogens (primary N) is 1. The molecular formula is C35H61N7O6. The molecule has 0 aromatic rings. The number of carbonyl (C=O) groups excluding carboxylic acids is 6. The molecule has 48 heavy (non-hydrogen) atoms. The van der Waals surface area contributed by atoms with E-state index in [0.29, 0.717) is 51.4 Å². The van der Waals surface area contributed by atoms with Gasteiger partial charge in [-0.1, -0.05) is 87.5 Å². The Morgan fingerprint density at radius 2 is 1.62 bits per heavy atom. The average Bonchev–Trinajstić information content (AvgIpc) is 3.41. The molecule has 0 radical (unpaired) electrons. The maximum absolute atomic E-state index is 14.4. The van der Waals surface area contributed by atoms with Crippen molar-refractivity contribution in [2.24, 2.45) is 34.3 Å². The molecule has 0 bridgehead atoms. The molecule has 3 fully saturated rings. The minimum absolute atomic E-state index is 0.0176. The van der Waals surface area contributed by atoms with Crippen LogP contribution in [0.15, 0.2) is 0 Å². The summed E-state index contributed by atoms with van der Waals surface area (Å²) in [5, 5.41) is 11.5. The van der Waals surface area contributed by atoms with Gasteiger partial charge in [-0.3, -0.25) is 19.2 Å². The zero-order valence-corrected chi connectivity index (χ0v) is 30.4. The Bertz CT molecular complexity index is 1190. The van der Waals surface area contributed by atoms with Gasteiger partial charge in [0.15, 0.2) is 0 Å². The van der Waals surface area contributed by atoms with E-state index >= 15 is 0 Å². The van der Waals surface area contributed by atoms with Crippen molar-refractivity contribution in [3.63, 3.8) is 0 Å². The molecule has 5 atom stereocenters. The number of nitrogens with zero attached hydrogens (tertiary/aromatic N) is 2. The van der Waals surface area contributed by atoms with Crippen molar-refractivity contribution in [3.8, 4) is 0 Å². The summed E-state index contributed by atoms with van der Waals surface area (Å²) in [6, 6.07) is -4.03. The number of likely N-dealkylation sites (tertiary alicyclic amines) is 1. The van der Waals surface area contributed by atoms with Crippen LogP contribution in [0.1, 0.15) is 107 Å². The molecule has 1 aliphatic carbocycles. The number of nitrogens with one attached hydrogen (secondary N) is 4. The van der Waals surface area contributed by atoms with E-state index in [1.807, 2.05) is 55.4 Å². The van der Waals surface area contributed by atoms with E-state index in [4.69, 9.17) is 5.73 Å². The number of carbonyl (C=O) groups is 6. The number of amides is 7. The van der Waals surface area contributed by atoms with E-state index in [2.05, 4.69) is 21.3 Å². The third kappa shape index (κ3) is 10.6. The van der Waals surface area contributed by atoms with Gasteiger partial charge in [0.1, 0.15) is 12.1 Å². The van der Waals surface area contributed by atoms with Gasteiger partial charge in [0.05, 0.1) is 12.1 Å². The smallest absolute Gasteiger partial charge is 0.317 e. The fourth-order valence-electron chi connectivity index (χ4n) is 6.70. The van der Waals surface area contributed by atoms with Crippen LogP contribution in [-0.4, -0.2) is 95.7 Å². The first-order chi connectivity index (χ1) is 22.3. The van der Waals surface area contributed by atoms with Gasteiger partial charge in [0.2, 0.25) is 17.6 Å². The topological polar surface area (TPSA) is 183 Å². The zero-order chi connectivity index (χ0) is 36.0. The second kappa shape index (κ2) is 16.3. The highest BCUT2D eigenvalue weighted by molar-refractivity contribution is 6.37. The first-order valence-corrected chi connectivity index (χ1v) is 17.8. The molecule has 2 unspecified atom stereocenters. The van der Waals surface area contributed by atoms with Crippen molar-refractivity contribution in [1.82, 2.24) is 31.1 Å². The standard InChI is InChI=1S/C35H61N7O6/c1-21(2)23-18-25(30(45)38-24(27(43)29(36)44)15-10-14-22-12-9-13-22)42(19-23)31(46)28(35(6,7)8)40-32(47)39-26(34(3,4)5)20-41-17-11-16-37-33(41)48/h21-26,28H,9-20H2,1-8H3,(H2,36,44)(H,37,48)(H,38,45)(H2,39,40,47)/t23?,24?,25-,26+,28+/m0/s1. The van der Waals surface area contributed by atoms with Crippen LogP contribution in [0.5, 0.6) is 0 Å². The molecule has 2 saturated heterocycles. The molecule has 13 heteroatoms. The number of Topliss-reactive ketones (excluding diaryl/α,β-unsaturated/α-hetero) is 1. The molecule has 2 aliphatic heterocycles. The van der Waals surface area contributed by atoms with Crippen LogP contribution < -0.4 is 27.0 Å². The zero-order valence-electron chi connectivity index (χ0n) is 30.4. The number of ketones is 1. The molecule has 3 rings (SSSR count). The van der Waals surface area contributed by atoms with Crippen molar-refractivity contribution in [1.29, 1.82) is 0 Å². The van der Waals surface area contributed by atoms with Gasteiger partial charge in [-0.2, -0.15) is 0 Å². The molecule has 2 heterocycles. The summed E-state index contributed by atoms with van der Waals surface area (Å²) < 4.78 is 0. The molecular weight excluding hydrogens is 614 g/mol. The van der Waals surface area contributed by atoms with Gasteiger partial charge >= 0.3 is 12.1 Å². The van der Waals surface area contributed by atoms with Crippen molar-refractivity contribution in [3.05, 3.63) is 0 Å². The van der Waals surface area contributed by atoms with Crippen molar-refractivity contribution in [2.75, 3.05) is 26.2 Å². The Labute approximate surface area is 286 Å². The quantitative estimate of drug-likeness (QED) is 0.176. The Kier molecular flexibility index (Phi) is 13.3. The Morgan fingerprint density at radius 1 is 0.958 bits per heavy atom. The Hall–Kier alpha value is -3.38. The van der Waals surface area contributed by atoms with Crippen LogP contribution >= 0.6 is 0 Å². The van der Waals surface area contributed by atoms with Crippen LogP contribution in [0, 0.1) is 28.6 Å². The van der Waals surface area contributed by atoms with Gasteiger partial charge in [-0.25, -0.2) is 9.59 Å². The van der Waals surface area contributed by atoms with Crippen LogP contribution in [-0.2, 0) is 19.2 Å². The average molecular weight is 676 g/mol. The van der Waals surface area contributed by atoms with Gasteiger partial charge < -0.3 is 36.8 Å². The lowest BCUT2D eigenvalue weighted by molar-refractivity contribution is -0.143. The summed E-state index contributed by atoms with van der Waals surface area (Å²) in [6.45, 7) is 17.4. The van der Waals surface area contributed by atoms with Gasteiger partial charge in [-0.15, -0.1) is 0 Å². The molecule has 7 amide bonds. The predicted molar refractivity (Wildman–Crippen MR) is 184 cm³/mol. The SMILES string of the molecule is CC(C)C1C[C@@H](C(=O)NC(CCCC2CCC2)C(=O)C(N)=O)N(C(=O)[C@@H](NC(=O)N[C@H](CN2CCCNC2=O)C(C)(C)C)C(C)(C)C)C1. The van der Waals surface area contributed by atoms with Crippen LogP contribution in [0.4, 0.5) is 9.59 Å². The molecule has 0 spiro atoms. The van der Waals surface area contributed by atoms with E-state index in [0.717, 1.165) is 25.7 Å². The minimum Gasteiger partial charge on any atom is -0.363 e. The Balaban J connectivity index is 1.78. The predicted octanol–water partition coefficient (Wildman–Crippen LogP) is 2.91. The molecule has 1 saturated carbocycles. The highest BCUT2D eigenvalue weighted by atomic mass is 16.2. The third-order valence-electron chi connectivity index (χ3n) is 10.4. The van der Waals surface area contributed by atoms with E-state index in [1.165, 1.54) is 11.3 Å². The third-order valence-corrected chi connectivity index (χ3v) is 10.4. The van der Waals surface area contributed by atoms with Crippen LogP contribution in [0.25, 0.3) is 0 Å². The maximum Gasteiger partial charge on any atom is 0.317 e. The summed E-state index contributed by atoms with van der Waals surface area (Å²) in [7, 11) is 0. The second-order valence-corrected chi connectivity index (χ2v) is 16.6. The normalized spacial score (nSPS) is 22.3. The number of hydrogen-bond donors (Lipinski definition) is 5. The number of urea groups is 2. The minimum atomic E-state index is -1.10. The lowest BCUT2D eigenvalue weighted by Crippen LogP contribution is -2.62. The highest BCUT2D eigenvalue weighted by Crippen LogP contribution is 2.33. The van der Waals surface area contributed by atoms with E-state index in [9.17, 15) is 28.8 Å². The number of rotatable bonds is 14. The summed E-state index contributed by atoms with van der Waals surface area (Å²) in [5.41, 5.74) is 4.24. The fraction of sp³-hybridized carbons (Fsp3) is 0.829. The van der Waals surface area contributed by atoms with Crippen LogP contribution in [0.3, 0.4) is 0 Å². The first-order valence-electron chi connectivity index (χ1n) is 17.8. The largest absolute Gasteiger partial charge is 0.363 e. The summed E-state index contributed by atoms with van der Waals surface area (Å²) in [5.74, 6) is -2.03. The van der Waals surface area contributed by atoms with E-state index < -0.39 is 64.5 Å². The van der Waals surface area contributed by atoms with Gasteiger partial charge in [0.25, 0.3) is 5.91 Å². The van der Waals surface area contributed by atoms with Crippen LogP contribution in [0.2, 0.25) is 0 Å². The second-order valence-electron chi connectivity index (χ2n) is 16.6. The molecule has 3 aliphatic rings. The lowest BCUT2D eigenvalue weighted by Gasteiger charge is -2.39. The van der Waals surface area contributed by atoms with E-state index in [1.54, 1.807) is 4.90 Å². The molecule has 13 nitrogen and oxygen atoms in total. The van der Waals surface area contributed by atoms with E-state index in [-0.39, 0.29) is 17.9 Å². The first kappa shape index (κ1) is 39.1. The monoisotopic (exact) mass is 675 g/mol. The summed E-state index contributed by atoms with van der Waals surface area (Å²) >= 11 is 0. The molecule has 272 valence electrons. The fourth-order valence-corrected chi connectivity index (χ4v) is 6.70. The molecule has 0 aromatic carbocycles. The maximum atomic E-state index is 14.4. The molecule has 6 N–H and O–H groups in total. The lowest BCUT2D eigenvalue weighted by atomic mass is 9.81. The van der Waals surface area contributed by atoms with Crippen molar-refractivity contribution < 1.29 is 28.8 Å².